The molecule has 1 N–H and O–H groups in total. The average Bonchev–Trinajstić information content (AvgIpc) is 2.42. The van der Waals surface area contributed by atoms with E-state index >= 15 is 0 Å². The summed E-state index contributed by atoms with van der Waals surface area (Å²) in [5.41, 5.74) is 0.514. The fourth-order valence-corrected chi connectivity index (χ4v) is 2.07. The lowest BCUT2D eigenvalue weighted by Crippen LogP contribution is -2.41. The number of esters is 1. The number of benzene rings is 1. The number of halogens is 1. The van der Waals surface area contributed by atoms with E-state index in [2.05, 4.69) is 21.2 Å². The predicted octanol–water partition coefficient (Wildman–Crippen LogP) is 2.91. The van der Waals surface area contributed by atoms with E-state index in [0.717, 1.165) is 17.3 Å². The second-order valence-corrected chi connectivity index (χ2v) is 5.12. The zero-order valence-electron chi connectivity index (χ0n) is 11.1. The van der Waals surface area contributed by atoms with Gasteiger partial charge >= 0.3 is 5.97 Å². The van der Waals surface area contributed by atoms with Crippen molar-refractivity contribution in [1.29, 1.82) is 0 Å². The quantitative estimate of drug-likeness (QED) is 0.817. The van der Waals surface area contributed by atoms with Gasteiger partial charge in [-0.15, -0.1) is 0 Å². The van der Waals surface area contributed by atoms with Crippen LogP contribution in [0.5, 0.6) is 0 Å². The second-order valence-electron chi connectivity index (χ2n) is 4.20. The van der Waals surface area contributed by atoms with Crippen LogP contribution in [0.4, 0.5) is 0 Å². The molecule has 1 aromatic carbocycles. The van der Waals surface area contributed by atoms with Crippen LogP contribution in [-0.2, 0) is 9.53 Å². The summed E-state index contributed by atoms with van der Waals surface area (Å²) in [5.74, 6) is -0.676. The minimum absolute atomic E-state index is 0.271. The molecule has 0 heterocycles. The van der Waals surface area contributed by atoms with Crippen LogP contribution in [0.2, 0.25) is 0 Å². The number of methoxy groups -OCH3 is 1. The van der Waals surface area contributed by atoms with Crippen LogP contribution in [0.15, 0.2) is 28.7 Å². The maximum Gasteiger partial charge on any atom is 0.328 e. The molecule has 1 aromatic rings. The summed E-state index contributed by atoms with van der Waals surface area (Å²) in [6.07, 6.45) is 2.40. The SMILES string of the molecule is CCCC[C@@H](NC(=O)c1cccc(Br)c1)C(=O)OC. The van der Waals surface area contributed by atoms with E-state index < -0.39 is 12.0 Å². The number of ether oxygens (including phenoxy) is 1. The number of carbonyl (C=O) groups is 2. The number of unbranched alkanes of at least 4 members (excludes halogenated alkanes) is 1. The Morgan fingerprint density at radius 2 is 2.16 bits per heavy atom. The van der Waals surface area contributed by atoms with Gasteiger partial charge in [0.2, 0.25) is 0 Å². The van der Waals surface area contributed by atoms with Crippen LogP contribution >= 0.6 is 15.9 Å². The first-order chi connectivity index (χ1) is 9.08. The fraction of sp³-hybridized carbons (Fsp3) is 0.429. The van der Waals surface area contributed by atoms with Crippen LogP contribution in [0, 0.1) is 0 Å². The molecule has 0 saturated heterocycles. The van der Waals surface area contributed by atoms with Crippen molar-refractivity contribution >= 4 is 27.8 Å². The largest absolute Gasteiger partial charge is 0.467 e. The lowest BCUT2D eigenvalue weighted by atomic mass is 10.1. The zero-order chi connectivity index (χ0) is 14.3. The molecule has 1 rings (SSSR count). The molecule has 1 atom stereocenters. The number of amides is 1. The van der Waals surface area contributed by atoms with Gasteiger partial charge in [0, 0.05) is 10.0 Å². The smallest absolute Gasteiger partial charge is 0.328 e. The van der Waals surface area contributed by atoms with Crippen molar-refractivity contribution in [2.75, 3.05) is 7.11 Å². The Hall–Kier alpha value is -1.36. The summed E-state index contributed by atoms with van der Waals surface area (Å²) >= 11 is 3.31. The molecule has 1 amide bonds. The first kappa shape index (κ1) is 15.7. The van der Waals surface area contributed by atoms with Crippen molar-refractivity contribution < 1.29 is 14.3 Å². The number of rotatable bonds is 6. The monoisotopic (exact) mass is 327 g/mol. The Bertz CT molecular complexity index is 448. The maximum atomic E-state index is 12.1. The second kappa shape index (κ2) is 7.94. The number of nitrogens with one attached hydrogen (secondary N) is 1. The third kappa shape index (κ3) is 5.03. The maximum absolute atomic E-state index is 12.1. The van der Waals surface area contributed by atoms with Crippen molar-refractivity contribution in [3.63, 3.8) is 0 Å². The fourth-order valence-electron chi connectivity index (χ4n) is 1.67. The molecule has 0 aliphatic rings. The zero-order valence-corrected chi connectivity index (χ0v) is 12.7. The summed E-state index contributed by atoms with van der Waals surface area (Å²) in [6.45, 7) is 2.03. The molecule has 0 radical (unpaired) electrons. The van der Waals surface area contributed by atoms with Gasteiger partial charge in [-0.2, -0.15) is 0 Å². The summed E-state index contributed by atoms with van der Waals surface area (Å²) in [5, 5.41) is 2.71. The molecule has 19 heavy (non-hydrogen) atoms. The molecule has 0 aliphatic heterocycles. The molecule has 0 bridgehead atoms. The lowest BCUT2D eigenvalue weighted by molar-refractivity contribution is -0.143. The molecule has 0 unspecified atom stereocenters. The minimum Gasteiger partial charge on any atom is -0.467 e. The van der Waals surface area contributed by atoms with E-state index in [4.69, 9.17) is 4.74 Å². The van der Waals surface area contributed by atoms with Gasteiger partial charge < -0.3 is 10.1 Å². The van der Waals surface area contributed by atoms with Gasteiger partial charge in [-0.1, -0.05) is 41.8 Å². The Morgan fingerprint density at radius 3 is 2.74 bits per heavy atom. The predicted molar refractivity (Wildman–Crippen MR) is 76.9 cm³/mol. The van der Waals surface area contributed by atoms with E-state index in [9.17, 15) is 9.59 Å². The first-order valence-electron chi connectivity index (χ1n) is 6.22. The molecule has 0 aromatic heterocycles. The Labute approximate surface area is 121 Å². The number of carbonyl (C=O) groups excluding carboxylic acids is 2. The van der Waals surface area contributed by atoms with Gasteiger partial charge in [0.1, 0.15) is 6.04 Å². The van der Waals surface area contributed by atoms with Crippen molar-refractivity contribution in [1.82, 2.24) is 5.32 Å². The third-order valence-corrected chi connectivity index (χ3v) is 3.22. The third-order valence-electron chi connectivity index (χ3n) is 2.72. The van der Waals surface area contributed by atoms with Crippen LogP contribution < -0.4 is 5.32 Å². The molecular formula is C14H18BrNO3. The Morgan fingerprint density at radius 1 is 1.42 bits per heavy atom. The highest BCUT2D eigenvalue weighted by molar-refractivity contribution is 9.10. The Kier molecular flexibility index (Phi) is 6.56. The van der Waals surface area contributed by atoms with E-state index in [0.29, 0.717) is 12.0 Å². The Balaban J connectivity index is 2.72. The van der Waals surface area contributed by atoms with Crippen LogP contribution in [0.3, 0.4) is 0 Å². The average molecular weight is 328 g/mol. The van der Waals surface area contributed by atoms with Gasteiger partial charge in [-0.3, -0.25) is 4.79 Å². The molecule has 5 heteroatoms. The lowest BCUT2D eigenvalue weighted by Gasteiger charge is -2.16. The molecule has 0 aliphatic carbocycles. The van der Waals surface area contributed by atoms with E-state index in [1.807, 2.05) is 13.0 Å². The van der Waals surface area contributed by atoms with Gasteiger partial charge in [0.25, 0.3) is 5.91 Å². The van der Waals surface area contributed by atoms with Crippen LogP contribution in [0.1, 0.15) is 36.5 Å². The highest BCUT2D eigenvalue weighted by Gasteiger charge is 2.21. The van der Waals surface area contributed by atoms with Gasteiger partial charge in [0.05, 0.1) is 7.11 Å². The minimum atomic E-state index is -0.587. The summed E-state index contributed by atoms with van der Waals surface area (Å²) in [7, 11) is 1.33. The normalized spacial score (nSPS) is 11.7. The molecular weight excluding hydrogens is 310 g/mol. The topological polar surface area (TPSA) is 55.4 Å². The molecule has 104 valence electrons. The summed E-state index contributed by atoms with van der Waals surface area (Å²) < 4.78 is 5.53. The number of hydrogen-bond donors (Lipinski definition) is 1. The van der Waals surface area contributed by atoms with Gasteiger partial charge in [-0.25, -0.2) is 4.79 Å². The van der Waals surface area contributed by atoms with E-state index in [1.54, 1.807) is 18.2 Å². The molecule has 4 nitrogen and oxygen atoms in total. The van der Waals surface area contributed by atoms with Crippen LogP contribution in [-0.4, -0.2) is 25.0 Å². The first-order valence-corrected chi connectivity index (χ1v) is 7.02. The summed E-state index contributed by atoms with van der Waals surface area (Å²) in [4.78, 5) is 23.7. The molecule has 0 saturated carbocycles. The highest BCUT2D eigenvalue weighted by Crippen LogP contribution is 2.12. The van der Waals surface area contributed by atoms with Crippen molar-refractivity contribution in [2.45, 2.75) is 32.2 Å². The van der Waals surface area contributed by atoms with Crippen molar-refractivity contribution in [3.05, 3.63) is 34.3 Å². The summed E-state index contributed by atoms with van der Waals surface area (Å²) in [6, 6.07) is 6.44. The van der Waals surface area contributed by atoms with Gasteiger partial charge in [0.15, 0.2) is 0 Å². The van der Waals surface area contributed by atoms with Crippen molar-refractivity contribution in [3.8, 4) is 0 Å². The van der Waals surface area contributed by atoms with Crippen molar-refractivity contribution in [2.24, 2.45) is 0 Å². The van der Waals surface area contributed by atoms with Gasteiger partial charge in [-0.05, 0) is 24.6 Å². The standard InChI is InChI=1S/C14H18BrNO3/c1-3-4-8-12(14(18)19-2)16-13(17)10-6-5-7-11(15)9-10/h5-7,9,12H,3-4,8H2,1-2H3,(H,16,17)/t12-/m1/s1. The van der Waals surface area contributed by atoms with E-state index in [-0.39, 0.29) is 5.91 Å². The molecule has 0 fully saturated rings. The molecule has 0 spiro atoms. The van der Waals surface area contributed by atoms with E-state index in [1.165, 1.54) is 7.11 Å². The number of hydrogen-bond acceptors (Lipinski definition) is 3. The van der Waals surface area contributed by atoms with Crippen LogP contribution in [0.25, 0.3) is 0 Å². The highest BCUT2D eigenvalue weighted by atomic mass is 79.9.